The number of hydrogen-bond acceptors (Lipinski definition) is 2. The van der Waals surface area contributed by atoms with Gasteiger partial charge in [-0.1, -0.05) is 0 Å². The standard InChI is InChI=1S/C11H17IN2O/c1-9-8-14(13-11(9)12)6-2-4-10-5-3-7-15-10/h8,10H,2-7H2,1H3. The summed E-state index contributed by atoms with van der Waals surface area (Å²) in [6.45, 7) is 4.08. The molecule has 3 nitrogen and oxygen atoms in total. The minimum absolute atomic E-state index is 0.515. The molecular weight excluding hydrogens is 303 g/mol. The zero-order chi connectivity index (χ0) is 10.7. The van der Waals surface area contributed by atoms with E-state index in [1.807, 2.05) is 4.68 Å². The Balaban J connectivity index is 1.73. The summed E-state index contributed by atoms with van der Waals surface area (Å²) in [5.74, 6) is 0. The first-order valence-corrected chi connectivity index (χ1v) is 6.65. The van der Waals surface area contributed by atoms with Crippen molar-refractivity contribution in [3.63, 3.8) is 0 Å². The molecule has 1 saturated heterocycles. The SMILES string of the molecule is Cc1cn(CCCC2CCCO2)nc1I. The second kappa shape index (κ2) is 5.30. The molecule has 0 saturated carbocycles. The van der Waals surface area contributed by atoms with Crippen molar-refractivity contribution < 1.29 is 4.74 Å². The molecule has 0 amide bonds. The maximum Gasteiger partial charge on any atom is 0.126 e. The second-order valence-corrected chi connectivity index (χ2v) is 5.17. The molecule has 0 radical (unpaired) electrons. The van der Waals surface area contributed by atoms with E-state index in [0.29, 0.717) is 6.10 Å². The number of halogens is 1. The van der Waals surface area contributed by atoms with E-state index < -0.39 is 0 Å². The van der Waals surface area contributed by atoms with Gasteiger partial charge in [-0.2, -0.15) is 5.10 Å². The molecule has 1 fully saturated rings. The predicted molar refractivity (Wildman–Crippen MR) is 67.9 cm³/mol. The Morgan fingerprint density at radius 2 is 2.53 bits per heavy atom. The van der Waals surface area contributed by atoms with E-state index in [4.69, 9.17) is 4.74 Å². The molecule has 4 heteroatoms. The van der Waals surface area contributed by atoms with Crippen molar-refractivity contribution in [2.75, 3.05) is 6.61 Å². The summed E-state index contributed by atoms with van der Waals surface area (Å²) in [5, 5.41) is 4.44. The third-order valence-electron chi connectivity index (χ3n) is 2.82. The van der Waals surface area contributed by atoms with Crippen LogP contribution in [0.25, 0.3) is 0 Å². The quantitative estimate of drug-likeness (QED) is 0.798. The zero-order valence-electron chi connectivity index (χ0n) is 9.08. The lowest BCUT2D eigenvalue weighted by atomic mass is 10.1. The van der Waals surface area contributed by atoms with Crippen LogP contribution in [0.5, 0.6) is 0 Å². The second-order valence-electron chi connectivity index (χ2n) is 4.14. The lowest BCUT2D eigenvalue weighted by Crippen LogP contribution is -2.07. The van der Waals surface area contributed by atoms with E-state index in [-0.39, 0.29) is 0 Å². The highest BCUT2D eigenvalue weighted by Crippen LogP contribution is 2.17. The van der Waals surface area contributed by atoms with E-state index in [2.05, 4.69) is 40.8 Å². The first-order chi connectivity index (χ1) is 7.25. The van der Waals surface area contributed by atoms with Crippen LogP contribution in [0.3, 0.4) is 0 Å². The smallest absolute Gasteiger partial charge is 0.126 e. The van der Waals surface area contributed by atoms with Crippen LogP contribution in [0, 0.1) is 10.6 Å². The summed E-state index contributed by atoms with van der Waals surface area (Å²) in [7, 11) is 0. The minimum Gasteiger partial charge on any atom is -0.378 e. The van der Waals surface area contributed by atoms with Crippen molar-refractivity contribution in [1.82, 2.24) is 9.78 Å². The lowest BCUT2D eigenvalue weighted by Gasteiger charge is -2.08. The number of ether oxygens (including phenoxy) is 1. The summed E-state index contributed by atoms with van der Waals surface area (Å²) >= 11 is 2.28. The summed E-state index contributed by atoms with van der Waals surface area (Å²) in [4.78, 5) is 0. The Morgan fingerprint density at radius 3 is 3.13 bits per heavy atom. The van der Waals surface area contributed by atoms with Gasteiger partial charge in [0.2, 0.25) is 0 Å². The molecule has 1 aliphatic rings. The molecule has 0 aliphatic carbocycles. The maximum absolute atomic E-state index is 5.59. The van der Waals surface area contributed by atoms with Crippen molar-refractivity contribution in [2.45, 2.75) is 45.3 Å². The fraction of sp³-hybridized carbons (Fsp3) is 0.727. The molecule has 1 atom stereocenters. The highest BCUT2D eigenvalue weighted by Gasteiger charge is 2.14. The predicted octanol–water partition coefficient (Wildman–Crippen LogP) is 2.76. The van der Waals surface area contributed by atoms with Crippen LogP contribution in [0.2, 0.25) is 0 Å². The molecule has 1 aromatic heterocycles. The van der Waals surface area contributed by atoms with Gasteiger partial charge in [-0.25, -0.2) is 0 Å². The number of nitrogens with zero attached hydrogens (tertiary/aromatic N) is 2. The first kappa shape index (κ1) is 11.4. The summed E-state index contributed by atoms with van der Waals surface area (Å²) < 4.78 is 8.75. The number of aryl methyl sites for hydroxylation is 2. The van der Waals surface area contributed by atoms with E-state index in [9.17, 15) is 0 Å². The van der Waals surface area contributed by atoms with Crippen molar-refractivity contribution >= 4 is 22.6 Å². The van der Waals surface area contributed by atoms with Gasteiger partial charge in [0.25, 0.3) is 0 Å². The fourth-order valence-corrected chi connectivity index (χ4v) is 2.38. The van der Waals surface area contributed by atoms with Crippen molar-refractivity contribution in [2.24, 2.45) is 0 Å². The van der Waals surface area contributed by atoms with Crippen LogP contribution >= 0.6 is 22.6 Å². The fourth-order valence-electron chi connectivity index (χ4n) is 1.96. The number of rotatable bonds is 4. The molecular formula is C11H17IN2O. The van der Waals surface area contributed by atoms with Gasteiger partial charge in [0.15, 0.2) is 0 Å². The normalized spacial score (nSPS) is 21.1. The van der Waals surface area contributed by atoms with Crippen LogP contribution in [0.4, 0.5) is 0 Å². The van der Waals surface area contributed by atoms with Gasteiger partial charge in [0.05, 0.1) is 6.10 Å². The molecule has 2 rings (SSSR count). The largest absolute Gasteiger partial charge is 0.378 e. The number of aromatic nitrogens is 2. The third kappa shape index (κ3) is 3.17. The van der Waals surface area contributed by atoms with Crippen LogP contribution in [-0.4, -0.2) is 22.5 Å². The highest BCUT2D eigenvalue weighted by atomic mass is 127. The Labute approximate surface area is 104 Å². The minimum atomic E-state index is 0.515. The Bertz CT molecular complexity index is 299. The van der Waals surface area contributed by atoms with E-state index in [1.54, 1.807) is 0 Å². The molecule has 0 bridgehead atoms. The first-order valence-electron chi connectivity index (χ1n) is 5.57. The molecule has 15 heavy (non-hydrogen) atoms. The highest BCUT2D eigenvalue weighted by molar-refractivity contribution is 14.1. The molecule has 84 valence electrons. The van der Waals surface area contributed by atoms with Gasteiger partial charge >= 0.3 is 0 Å². The van der Waals surface area contributed by atoms with Gasteiger partial charge in [-0.05, 0) is 55.2 Å². The molecule has 1 aliphatic heterocycles. The molecule has 1 unspecified atom stereocenters. The molecule has 0 spiro atoms. The average molecular weight is 320 g/mol. The van der Waals surface area contributed by atoms with Crippen LogP contribution < -0.4 is 0 Å². The summed E-state index contributed by atoms with van der Waals surface area (Å²) in [5.41, 5.74) is 1.27. The van der Waals surface area contributed by atoms with Gasteiger partial charge < -0.3 is 4.74 Å². The Kier molecular flexibility index (Phi) is 4.02. The summed E-state index contributed by atoms with van der Waals surface area (Å²) in [6, 6.07) is 0. The third-order valence-corrected chi connectivity index (χ3v) is 3.89. The van der Waals surface area contributed by atoms with Gasteiger partial charge in [0, 0.05) is 24.9 Å². The molecule has 2 heterocycles. The van der Waals surface area contributed by atoms with Crippen molar-refractivity contribution in [1.29, 1.82) is 0 Å². The van der Waals surface area contributed by atoms with Crippen LogP contribution in [-0.2, 0) is 11.3 Å². The van der Waals surface area contributed by atoms with Crippen molar-refractivity contribution in [3.05, 3.63) is 15.5 Å². The maximum atomic E-state index is 5.59. The summed E-state index contributed by atoms with van der Waals surface area (Å²) in [6.07, 6.45) is 7.47. The Morgan fingerprint density at radius 1 is 1.67 bits per heavy atom. The van der Waals surface area contributed by atoms with E-state index >= 15 is 0 Å². The molecule has 0 aromatic carbocycles. The van der Waals surface area contributed by atoms with Crippen LogP contribution in [0.15, 0.2) is 6.20 Å². The molecule has 0 N–H and O–H groups in total. The van der Waals surface area contributed by atoms with Crippen molar-refractivity contribution in [3.8, 4) is 0 Å². The van der Waals surface area contributed by atoms with Gasteiger partial charge in [-0.3, -0.25) is 4.68 Å². The molecule has 1 aromatic rings. The zero-order valence-corrected chi connectivity index (χ0v) is 11.2. The van der Waals surface area contributed by atoms with E-state index in [0.717, 1.165) is 16.9 Å². The number of hydrogen-bond donors (Lipinski definition) is 0. The van der Waals surface area contributed by atoms with Crippen LogP contribution in [0.1, 0.15) is 31.2 Å². The lowest BCUT2D eigenvalue weighted by molar-refractivity contribution is 0.101. The van der Waals surface area contributed by atoms with Gasteiger partial charge in [0.1, 0.15) is 3.70 Å². The topological polar surface area (TPSA) is 27.1 Å². The monoisotopic (exact) mass is 320 g/mol. The van der Waals surface area contributed by atoms with Gasteiger partial charge in [-0.15, -0.1) is 0 Å². The average Bonchev–Trinajstić information content (AvgIpc) is 2.79. The van der Waals surface area contributed by atoms with E-state index in [1.165, 1.54) is 31.2 Å². The Hall–Kier alpha value is -0.100.